The molecule has 1 amide bonds. The number of sulfonamides is 1. The van der Waals surface area contributed by atoms with E-state index in [0.29, 0.717) is 22.1 Å². The summed E-state index contributed by atoms with van der Waals surface area (Å²) in [5.74, 6) is -1.86. The molecule has 0 saturated carbocycles. The van der Waals surface area contributed by atoms with Crippen LogP contribution in [0, 0.1) is 11.6 Å². The zero-order valence-corrected chi connectivity index (χ0v) is 18.9. The third-order valence-electron chi connectivity index (χ3n) is 4.94. The number of hydrogen-bond donors (Lipinski definition) is 0. The Kier molecular flexibility index (Phi) is 7.37. The zero-order chi connectivity index (χ0) is 23.5. The molecule has 1 fully saturated rings. The summed E-state index contributed by atoms with van der Waals surface area (Å²) in [6.45, 7) is -0.0217. The summed E-state index contributed by atoms with van der Waals surface area (Å²) in [6.07, 6.45) is 2.88. The standard InChI is InChI=1S/C21H21ClF2N2O5S/c1-30-18-13-14(12-15(22)20(18)31-2)6-7-19(27)25-8-10-26(11-9-25)32(28,29)21-16(23)4-3-5-17(21)24/h3-7,12-13H,8-11H2,1-2H3. The monoisotopic (exact) mass is 486 g/mol. The predicted molar refractivity (Wildman–Crippen MR) is 115 cm³/mol. The van der Waals surface area contributed by atoms with Gasteiger partial charge in [0.15, 0.2) is 16.4 Å². The Morgan fingerprint density at radius 2 is 1.69 bits per heavy atom. The molecule has 0 atom stereocenters. The molecule has 0 N–H and O–H groups in total. The third-order valence-corrected chi connectivity index (χ3v) is 7.17. The van der Waals surface area contributed by atoms with Crippen LogP contribution in [0.4, 0.5) is 8.78 Å². The van der Waals surface area contributed by atoms with Crippen LogP contribution < -0.4 is 9.47 Å². The Labute approximate surface area is 189 Å². The predicted octanol–water partition coefficient (Wildman–Crippen LogP) is 3.18. The van der Waals surface area contributed by atoms with Gasteiger partial charge in [0, 0.05) is 32.3 Å². The first-order valence-corrected chi connectivity index (χ1v) is 11.3. The fraction of sp³-hybridized carbons (Fsp3) is 0.286. The molecular weight excluding hydrogens is 466 g/mol. The van der Waals surface area contributed by atoms with Crippen molar-refractivity contribution < 1.29 is 31.5 Å². The molecule has 0 radical (unpaired) electrons. The first-order chi connectivity index (χ1) is 15.2. The van der Waals surface area contributed by atoms with Crippen molar-refractivity contribution >= 4 is 33.6 Å². The molecule has 11 heteroatoms. The molecule has 0 spiro atoms. The molecule has 32 heavy (non-hydrogen) atoms. The van der Waals surface area contributed by atoms with Crippen molar-refractivity contribution in [1.29, 1.82) is 0 Å². The molecule has 0 bridgehead atoms. The lowest BCUT2D eigenvalue weighted by molar-refractivity contribution is -0.127. The van der Waals surface area contributed by atoms with Crippen LogP contribution >= 0.6 is 11.6 Å². The van der Waals surface area contributed by atoms with Crippen LogP contribution in [0.25, 0.3) is 6.08 Å². The van der Waals surface area contributed by atoms with Gasteiger partial charge in [0.1, 0.15) is 11.6 Å². The van der Waals surface area contributed by atoms with E-state index in [1.165, 1.54) is 25.2 Å². The molecule has 0 aromatic heterocycles. The Morgan fingerprint density at radius 3 is 2.25 bits per heavy atom. The third kappa shape index (κ3) is 4.87. The highest BCUT2D eigenvalue weighted by molar-refractivity contribution is 7.89. The number of carbonyl (C=O) groups is 1. The molecule has 2 aromatic rings. The highest BCUT2D eigenvalue weighted by atomic mass is 35.5. The fourth-order valence-corrected chi connectivity index (χ4v) is 5.14. The second-order valence-corrected chi connectivity index (χ2v) is 9.13. The van der Waals surface area contributed by atoms with Crippen LogP contribution in [0.15, 0.2) is 41.3 Å². The molecule has 3 rings (SSSR count). The molecule has 1 saturated heterocycles. The second kappa shape index (κ2) is 9.85. The molecule has 1 heterocycles. The Morgan fingerprint density at radius 1 is 1.06 bits per heavy atom. The second-order valence-electron chi connectivity index (χ2n) is 6.85. The van der Waals surface area contributed by atoms with Gasteiger partial charge in [0.05, 0.1) is 19.2 Å². The Hall–Kier alpha value is -2.69. The molecule has 172 valence electrons. The van der Waals surface area contributed by atoms with E-state index in [2.05, 4.69) is 0 Å². The number of hydrogen-bond acceptors (Lipinski definition) is 5. The minimum atomic E-state index is -4.36. The van der Waals surface area contributed by atoms with Gasteiger partial charge in [0.25, 0.3) is 0 Å². The van der Waals surface area contributed by atoms with E-state index in [-0.39, 0.29) is 32.1 Å². The lowest BCUT2D eigenvalue weighted by Crippen LogP contribution is -2.50. The lowest BCUT2D eigenvalue weighted by Gasteiger charge is -2.33. The summed E-state index contributed by atoms with van der Waals surface area (Å²) in [5.41, 5.74) is 0.609. The van der Waals surface area contributed by atoms with Crippen LogP contribution in [0.3, 0.4) is 0 Å². The molecule has 0 unspecified atom stereocenters. The summed E-state index contributed by atoms with van der Waals surface area (Å²) in [4.78, 5) is 13.0. The summed E-state index contributed by atoms with van der Waals surface area (Å²) in [7, 11) is -1.43. The number of benzene rings is 2. The van der Waals surface area contributed by atoms with Crippen molar-refractivity contribution in [1.82, 2.24) is 9.21 Å². The van der Waals surface area contributed by atoms with Gasteiger partial charge in [-0.2, -0.15) is 4.31 Å². The van der Waals surface area contributed by atoms with Gasteiger partial charge >= 0.3 is 0 Å². The van der Waals surface area contributed by atoms with E-state index in [4.69, 9.17) is 21.1 Å². The van der Waals surface area contributed by atoms with Crippen molar-refractivity contribution in [3.05, 3.63) is 58.6 Å². The van der Waals surface area contributed by atoms with Crippen molar-refractivity contribution in [2.24, 2.45) is 0 Å². The number of piperazine rings is 1. The normalized spacial score (nSPS) is 15.2. The van der Waals surface area contributed by atoms with E-state index in [9.17, 15) is 22.0 Å². The smallest absolute Gasteiger partial charge is 0.249 e. The van der Waals surface area contributed by atoms with Crippen molar-refractivity contribution in [3.8, 4) is 11.5 Å². The number of halogens is 3. The van der Waals surface area contributed by atoms with Crippen molar-refractivity contribution in [2.45, 2.75) is 4.90 Å². The minimum absolute atomic E-state index is 0.0746. The van der Waals surface area contributed by atoms with Gasteiger partial charge < -0.3 is 14.4 Å². The van der Waals surface area contributed by atoms with E-state index in [1.54, 1.807) is 18.2 Å². The van der Waals surface area contributed by atoms with Crippen LogP contribution in [0.1, 0.15) is 5.56 Å². The molecule has 7 nitrogen and oxygen atoms in total. The number of nitrogens with zero attached hydrogens (tertiary/aromatic N) is 2. The Bertz CT molecular complexity index is 1130. The van der Waals surface area contributed by atoms with Gasteiger partial charge in [-0.15, -0.1) is 0 Å². The summed E-state index contributed by atoms with van der Waals surface area (Å²) < 4.78 is 64.6. The maximum Gasteiger partial charge on any atom is 0.249 e. The van der Waals surface area contributed by atoms with Gasteiger partial charge in [-0.05, 0) is 35.9 Å². The molecule has 2 aromatic carbocycles. The molecule has 0 aliphatic carbocycles. The Balaban J connectivity index is 1.68. The average molecular weight is 487 g/mol. The average Bonchev–Trinajstić information content (AvgIpc) is 2.76. The van der Waals surface area contributed by atoms with E-state index >= 15 is 0 Å². The summed E-state index contributed by atoms with van der Waals surface area (Å²) in [5, 5.41) is 0.318. The van der Waals surface area contributed by atoms with Crippen LogP contribution in [0.2, 0.25) is 5.02 Å². The van der Waals surface area contributed by atoms with Crippen LogP contribution in [0.5, 0.6) is 11.5 Å². The molecular formula is C21H21ClF2N2O5S. The van der Waals surface area contributed by atoms with Gasteiger partial charge in [-0.1, -0.05) is 17.7 Å². The number of carbonyl (C=O) groups excluding carboxylic acids is 1. The lowest BCUT2D eigenvalue weighted by atomic mass is 10.1. The highest BCUT2D eigenvalue weighted by Crippen LogP contribution is 2.36. The van der Waals surface area contributed by atoms with Gasteiger partial charge in [-0.3, -0.25) is 4.79 Å². The zero-order valence-electron chi connectivity index (χ0n) is 17.3. The number of amides is 1. The summed E-state index contributed by atoms with van der Waals surface area (Å²) in [6, 6.07) is 6.14. The molecule has 1 aliphatic heterocycles. The number of rotatable bonds is 6. The van der Waals surface area contributed by atoms with Crippen molar-refractivity contribution in [3.63, 3.8) is 0 Å². The maximum absolute atomic E-state index is 14.0. The quantitative estimate of drug-likeness (QED) is 0.586. The fourth-order valence-electron chi connectivity index (χ4n) is 3.31. The topological polar surface area (TPSA) is 76.2 Å². The van der Waals surface area contributed by atoms with E-state index in [0.717, 1.165) is 22.5 Å². The SMILES string of the molecule is COc1cc(C=CC(=O)N2CCN(S(=O)(=O)c3c(F)cccc3F)CC2)cc(Cl)c1OC. The van der Waals surface area contributed by atoms with Crippen LogP contribution in [-0.2, 0) is 14.8 Å². The minimum Gasteiger partial charge on any atom is -0.493 e. The first-order valence-electron chi connectivity index (χ1n) is 9.51. The van der Waals surface area contributed by atoms with Crippen LogP contribution in [-0.4, -0.2) is 63.9 Å². The van der Waals surface area contributed by atoms with E-state index < -0.39 is 26.6 Å². The first kappa shape index (κ1) is 24.0. The summed E-state index contributed by atoms with van der Waals surface area (Å²) >= 11 is 6.16. The highest BCUT2D eigenvalue weighted by Gasteiger charge is 2.33. The number of ether oxygens (including phenoxy) is 2. The van der Waals surface area contributed by atoms with E-state index in [1.807, 2.05) is 0 Å². The molecule has 1 aliphatic rings. The van der Waals surface area contributed by atoms with Gasteiger partial charge in [0.2, 0.25) is 15.9 Å². The largest absolute Gasteiger partial charge is 0.493 e. The maximum atomic E-state index is 14.0. The van der Waals surface area contributed by atoms with Gasteiger partial charge in [-0.25, -0.2) is 17.2 Å². The van der Waals surface area contributed by atoms with Crippen molar-refractivity contribution in [2.75, 3.05) is 40.4 Å². The number of methoxy groups -OCH3 is 2.